The third-order valence-corrected chi connectivity index (χ3v) is 1.84. The molecule has 0 unspecified atom stereocenters. The van der Waals surface area contributed by atoms with Gasteiger partial charge in [-0.2, -0.15) is 0 Å². The largest absolute Gasteiger partial charge is 0.398 e. The number of hydrogen-bond donors (Lipinski definition) is 2. The minimum atomic E-state index is 0.823. The zero-order chi connectivity index (χ0) is 8.97. The fraction of sp³-hybridized carbons (Fsp3) is 0.333. The van der Waals surface area contributed by atoms with Crippen LogP contribution in [0.4, 0.5) is 5.69 Å². The van der Waals surface area contributed by atoms with Crippen LogP contribution >= 0.6 is 0 Å². The summed E-state index contributed by atoms with van der Waals surface area (Å²) in [5.74, 6) is 0. The van der Waals surface area contributed by atoms with Crippen LogP contribution in [0, 0.1) is 0 Å². The van der Waals surface area contributed by atoms with Crippen molar-refractivity contribution in [3.05, 3.63) is 29.8 Å². The maximum Gasteiger partial charge on any atom is 0.0398 e. The summed E-state index contributed by atoms with van der Waals surface area (Å²) in [6.07, 6.45) is 0. The van der Waals surface area contributed by atoms with Crippen LogP contribution in [0.1, 0.15) is 5.56 Å². The molecule has 0 heterocycles. The highest BCUT2D eigenvalue weighted by atomic mass is 15.5. The number of nitrogen functional groups attached to an aromatic ring is 1. The van der Waals surface area contributed by atoms with E-state index in [-0.39, 0.29) is 0 Å². The van der Waals surface area contributed by atoms with E-state index in [0.29, 0.717) is 0 Å². The van der Waals surface area contributed by atoms with Crippen LogP contribution in [-0.2, 0) is 6.54 Å². The lowest BCUT2D eigenvalue weighted by Crippen LogP contribution is -2.30. The van der Waals surface area contributed by atoms with Crippen molar-refractivity contribution >= 4 is 5.69 Å². The molecular weight excluding hydrogens is 150 g/mol. The van der Waals surface area contributed by atoms with Gasteiger partial charge in [0.05, 0.1) is 0 Å². The van der Waals surface area contributed by atoms with E-state index in [9.17, 15) is 0 Å². The monoisotopic (exact) mass is 165 g/mol. The molecule has 0 atom stereocenters. The third kappa shape index (κ3) is 2.22. The van der Waals surface area contributed by atoms with Crippen molar-refractivity contribution in [1.29, 1.82) is 0 Å². The molecule has 1 aromatic carbocycles. The molecule has 0 radical (unpaired) electrons. The van der Waals surface area contributed by atoms with Gasteiger partial charge in [0.2, 0.25) is 0 Å². The fourth-order valence-corrected chi connectivity index (χ4v) is 1.01. The Labute approximate surface area is 73.1 Å². The van der Waals surface area contributed by atoms with Gasteiger partial charge in [0.1, 0.15) is 0 Å². The average Bonchev–Trinajstić information content (AvgIpc) is 2.09. The highest BCUT2D eigenvalue weighted by Gasteiger charge is 1.99. The van der Waals surface area contributed by atoms with Gasteiger partial charge in [0, 0.05) is 19.3 Å². The Morgan fingerprint density at radius 1 is 1.42 bits per heavy atom. The van der Waals surface area contributed by atoms with Crippen molar-refractivity contribution in [3.8, 4) is 0 Å². The third-order valence-electron chi connectivity index (χ3n) is 1.84. The maximum atomic E-state index is 5.77. The van der Waals surface area contributed by atoms with E-state index in [4.69, 9.17) is 5.73 Å². The highest BCUT2D eigenvalue weighted by molar-refractivity contribution is 5.46. The lowest BCUT2D eigenvalue weighted by molar-refractivity contribution is 0.252. The Balaban J connectivity index is 2.69. The van der Waals surface area contributed by atoms with Gasteiger partial charge in [-0.3, -0.25) is 5.43 Å². The lowest BCUT2D eigenvalue weighted by atomic mass is 10.2. The molecule has 0 bridgehead atoms. The topological polar surface area (TPSA) is 41.3 Å². The molecule has 0 aliphatic carbocycles. The van der Waals surface area contributed by atoms with E-state index in [2.05, 4.69) is 5.43 Å². The van der Waals surface area contributed by atoms with Gasteiger partial charge >= 0.3 is 0 Å². The Morgan fingerprint density at radius 3 is 2.67 bits per heavy atom. The predicted molar refractivity (Wildman–Crippen MR) is 51.4 cm³/mol. The van der Waals surface area contributed by atoms with Crippen LogP contribution in [0.2, 0.25) is 0 Å². The van der Waals surface area contributed by atoms with E-state index in [0.717, 1.165) is 17.8 Å². The Kier molecular flexibility index (Phi) is 3.08. The fourth-order valence-electron chi connectivity index (χ4n) is 1.01. The molecular formula is C9H15N3. The second-order valence-electron chi connectivity index (χ2n) is 2.78. The molecule has 0 aliphatic rings. The summed E-state index contributed by atoms with van der Waals surface area (Å²) in [6, 6.07) is 7.88. The average molecular weight is 165 g/mol. The number of para-hydroxylation sites is 1. The quantitative estimate of drug-likeness (QED) is 0.515. The van der Waals surface area contributed by atoms with Crippen molar-refractivity contribution in [2.75, 3.05) is 19.8 Å². The number of hydrogen-bond acceptors (Lipinski definition) is 3. The number of anilines is 1. The predicted octanol–water partition coefficient (Wildman–Crippen LogP) is 0.835. The molecule has 0 amide bonds. The first-order valence-corrected chi connectivity index (χ1v) is 3.96. The number of hydrazine groups is 1. The number of nitrogens with one attached hydrogen (secondary N) is 1. The summed E-state index contributed by atoms with van der Waals surface area (Å²) in [5.41, 5.74) is 10.8. The normalized spacial score (nSPS) is 10.6. The minimum Gasteiger partial charge on any atom is -0.398 e. The van der Waals surface area contributed by atoms with Crippen molar-refractivity contribution < 1.29 is 0 Å². The summed E-state index contributed by atoms with van der Waals surface area (Å²) in [5, 5.41) is 1.98. The van der Waals surface area contributed by atoms with Gasteiger partial charge in [-0.15, -0.1) is 0 Å². The van der Waals surface area contributed by atoms with Crippen LogP contribution in [0.25, 0.3) is 0 Å². The first kappa shape index (κ1) is 9.03. The van der Waals surface area contributed by atoms with Crippen molar-refractivity contribution in [2.24, 2.45) is 0 Å². The van der Waals surface area contributed by atoms with Crippen molar-refractivity contribution in [1.82, 2.24) is 10.4 Å². The van der Waals surface area contributed by atoms with Crippen molar-refractivity contribution in [2.45, 2.75) is 6.54 Å². The van der Waals surface area contributed by atoms with Gasteiger partial charge in [0.25, 0.3) is 0 Å². The zero-order valence-electron chi connectivity index (χ0n) is 7.54. The van der Waals surface area contributed by atoms with E-state index >= 15 is 0 Å². The summed E-state index contributed by atoms with van der Waals surface area (Å²) in [4.78, 5) is 0. The van der Waals surface area contributed by atoms with Crippen molar-refractivity contribution in [3.63, 3.8) is 0 Å². The van der Waals surface area contributed by atoms with Gasteiger partial charge in [0.15, 0.2) is 0 Å². The molecule has 0 aromatic heterocycles. The highest BCUT2D eigenvalue weighted by Crippen LogP contribution is 2.11. The number of nitrogens with two attached hydrogens (primary N) is 1. The van der Waals surface area contributed by atoms with Gasteiger partial charge in [-0.1, -0.05) is 18.2 Å². The first-order chi connectivity index (χ1) is 5.74. The molecule has 3 heteroatoms. The Hall–Kier alpha value is -1.06. The summed E-state index contributed by atoms with van der Waals surface area (Å²) >= 11 is 0. The maximum absolute atomic E-state index is 5.77. The summed E-state index contributed by atoms with van der Waals surface area (Å²) in [6.45, 7) is 0.823. The molecule has 0 aliphatic heterocycles. The van der Waals surface area contributed by atoms with Crippen LogP contribution in [0.3, 0.4) is 0 Å². The second-order valence-corrected chi connectivity index (χ2v) is 2.78. The molecule has 1 rings (SSSR count). The molecule has 0 saturated carbocycles. The Morgan fingerprint density at radius 2 is 2.08 bits per heavy atom. The molecule has 3 N–H and O–H groups in total. The smallest absolute Gasteiger partial charge is 0.0398 e. The molecule has 0 spiro atoms. The Bertz CT molecular complexity index is 247. The number of benzene rings is 1. The van der Waals surface area contributed by atoms with Crippen LogP contribution in [0.15, 0.2) is 24.3 Å². The summed E-state index contributed by atoms with van der Waals surface area (Å²) in [7, 11) is 3.87. The van der Waals surface area contributed by atoms with Crippen LogP contribution < -0.4 is 11.2 Å². The van der Waals surface area contributed by atoms with E-state index < -0.39 is 0 Å². The second kappa shape index (κ2) is 4.09. The lowest BCUT2D eigenvalue weighted by Gasteiger charge is -2.15. The zero-order valence-corrected chi connectivity index (χ0v) is 7.54. The van der Waals surface area contributed by atoms with Gasteiger partial charge in [-0.05, 0) is 18.7 Å². The standard InChI is InChI=1S/C9H15N3/c1-11-12(2)7-8-5-3-4-6-9(8)10/h3-6,11H,7,10H2,1-2H3. The summed E-state index contributed by atoms with van der Waals surface area (Å²) < 4.78 is 0. The molecule has 0 fully saturated rings. The SMILES string of the molecule is CNN(C)Cc1ccccc1N. The van der Waals surface area contributed by atoms with Gasteiger partial charge in [-0.25, -0.2) is 5.01 Å². The molecule has 66 valence electrons. The van der Waals surface area contributed by atoms with Gasteiger partial charge < -0.3 is 5.73 Å². The first-order valence-electron chi connectivity index (χ1n) is 3.96. The van der Waals surface area contributed by atoms with E-state index in [1.165, 1.54) is 0 Å². The van der Waals surface area contributed by atoms with E-state index in [1.807, 2.05) is 43.4 Å². The number of rotatable bonds is 3. The number of nitrogens with zero attached hydrogens (tertiary/aromatic N) is 1. The minimum absolute atomic E-state index is 0.823. The molecule has 3 nitrogen and oxygen atoms in total. The molecule has 12 heavy (non-hydrogen) atoms. The van der Waals surface area contributed by atoms with Crippen LogP contribution in [-0.4, -0.2) is 19.1 Å². The molecule has 0 saturated heterocycles. The van der Waals surface area contributed by atoms with E-state index in [1.54, 1.807) is 0 Å². The van der Waals surface area contributed by atoms with Crippen LogP contribution in [0.5, 0.6) is 0 Å². The molecule has 1 aromatic rings.